The van der Waals surface area contributed by atoms with Gasteiger partial charge in [0.15, 0.2) is 0 Å². The van der Waals surface area contributed by atoms with Crippen LogP contribution in [0.4, 0.5) is 8.78 Å². The van der Waals surface area contributed by atoms with Gasteiger partial charge in [0.1, 0.15) is 17.7 Å². The number of benzene rings is 1. The highest BCUT2D eigenvalue weighted by molar-refractivity contribution is 5.87. The minimum atomic E-state index is -0.988. The number of piperidine rings is 1. The zero-order chi connectivity index (χ0) is 15.9. The molecule has 1 saturated carbocycles. The van der Waals surface area contributed by atoms with E-state index in [-0.39, 0.29) is 17.7 Å². The zero-order valence-corrected chi connectivity index (χ0v) is 12.0. The molecule has 22 heavy (non-hydrogen) atoms. The van der Waals surface area contributed by atoms with Crippen molar-refractivity contribution in [2.24, 2.45) is 5.92 Å². The summed E-state index contributed by atoms with van der Waals surface area (Å²) in [7, 11) is 0. The normalized spacial score (nSPS) is 27.5. The lowest BCUT2D eigenvalue weighted by atomic mass is 10.0. The maximum atomic E-state index is 13.8. The van der Waals surface area contributed by atoms with Crippen LogP contribution in [0.15, 0.2) is 18.2 Å². The molecule has 1 amide bonds. The summed E-state index contributed by atoms with van der Waals surface area (Å²) < 4.78 is 26.7. The van der Waals surface area contributed by atoms with Crippen molar-refractivity contribution in [3.05, 3.63) is 35.4 Å². The number of halogens is 2. The van der Waals surface area contributed by atoms with E-state index >= 15 is 0 Å². The van der Waals surface area contributed by atoms with Crippen LogP contribution in [0.2, 0.25) is 0 Å². The Balaban J connectivity index is 1.73. The van der Waals surface area contributed by atoms with Crippen molar-refractivity contribution < 1.29 is 23.5 Å². The Bertz CT molecular complexity index is 619. The van der Waals surface area contributed by atoms with Crippen LogP contribution >= 0.6 is 0 Å². The fourth-order valence-corrected chi connectivity index (χ4v) is 3.28. The highest BCUT2D eigenvalue weighted by Crippen LogP contribution is 2.49. The molecule has 6 heteroatoms. The van der Waals surface area contributed by atoms with Crippen LogP contribution in [0.5, 0.6) is 0 Å². The molecule has 2 fully saturated rings. The van der Waals surface area contributed by atoms with E-state index < -0.39 is 23.6 Å². The number of carboxylic acids is 1. The maximum absolute atomic E-state index is 13.8. The van der Waals surface area contributed by atoms with Crippen LogP contribution in [0.3, 0.4) is 0 Å². The third kappa shape index (κ3) is 2.69. The van der Waals surface area contributed by atoms with Crippen molar-refractivity contribution in [1.82, 2.24) is 4.90 Å². The van der Waals surface area contributed by atoms with Crippen LogP contribution in [-0.4, -0.2) is 34.5 Å². The van der Waals surface area contributed by atoms with Gasteiger partial charge < -0.3 is 10.0 Å². The molecule has 1 aliphatic heterocycles. The fraction of sp³-hybridized carbons (Fsp3) is 0.500. The molecule has 3 rings (SSSR count). The molecule has 0 radical (unpaired) electrons. The highest BCUT2D eigenvalue weighted by atomic mass is 19.1. The Labute approximate surface area is 126 Å². The van der Waals surface area contributed by atoms with Crippen molar-refractivity contribution >= 4 is 11.9 Å². The molecule has 1 saturated heterocycles. The summed E-state index contributed by atoms with van der Waals surface area (Å²) in [5, 5.41) is 9.22. The van der Waals surface area contributed by atoms with Gasteiger partial charge in [0, 0.05) is 18.5 Å². The first-order valence-corrected chi connectivity index (χ1v) is 7.47. The summed E-state index contributed by atoms with van der Waals surface area (Å²) in [5.74, 6) is -3.16. The van der Waals surface area contributed by atoms with Crippen LogP contribution in [0, 0.1) is 17.6 Å². The topological polar surface area (TPSA) is 57.6 Å². The number of nitrogens with zero attached hydrogens (tertiary/aromatic N) is 1. The second-order valence-corrected chi connectivity index (χ2v) is 6.00. The largest absolute Gasteiger partial charge is 0.480 e. The third-order valence-corrected chi connectivity index (χ3v) is 4.54. The summed E-state index contributed by atoms with van der Waals surface area (Å²) in [4.78, 5) is 25.2. The Hall–Kier alpha value is -1.98. The lowest BCUT2D eigenvalue weighted by Gasteiger charge is -2.33. The smallest absolute Gasteiger partial charge is 0.326 e. The van der Waals surface area contributed by atoms with Gasteiger partial charge in [0.05, 0.1) is 0 Å². The summed E-state index contributed by atoms with van der Waals surface area (Å²) in [6.07, 6.45) is 2.53. The molecule has 1 heterocycles. The van der Waals surface area contributed by atoms with E-state index in [9.17, 15) is 23.5 Å². The second kappa shape index (κ2) is 5.66. The molecule has 1 N–H and O–H groups in total. The Morgan fingerprint density at radius 2 is 2.00 bits per heavy atom. The molecule has 1 aromatic carbocycles. The van der Waals surface area contributed by atoms with Gasteiger partial charge in [0.25, 0.3) is 0 Å². The van der Waals surface area contributed by atoms with Crippen LogP contribution in [0.1, 0.15) is 37.2 Å². The van der Waals surface area contributed by atoms with E-state index in [4.69, 9.17) is 0 Å². The van der Waals surface area contributed by atoms with Crippen molar-refractivity contribution in [2.75, 3.05) is 6.54 Å². The first-order valence-electron chi connectivity index (χ1n) is 7.47. The molecule has 3 atom stereocenters. The molecule has 2 aliphatic rings. The average Bonchev–Trinajstić information content (AvgIpc) is 3.26. The van der Waals surface area contributed by atoms with E-state index in [0.29, 0.717) is 24.9 Å². The first kappa shape index (κ1) is 14.9. The summed E-state index contributed by atoms with van der Waals surface area (Å²) >= 11 is 0. The number of rotatable bonds is 3. The molecular formula is C16H17F2NO3. The number of carbonyl (C=O) groups is 2. The van der Waals surface area contributed by atoms with Gasteiger partial charge in [0.2, 0.25) is 5.91 Å². The average molecular weight is 309 g/mol. The van der Waals surface area contributed by atoms with Crippen molar-refractivity contribution in [3.63, 3.8) is 0 Å². The number of likely N-dealkylation sites (tertiary alicyclic amines) is 1. The second-order valence-electron chi connectivity index (χ2n) is 6.00. The summed E-state index contributed by atoms with van der Waals surface area (Å²) in [6.45, 7) is 0.435. The maximum Gasteiger partial charge on any atom is 0.326 e. The SMILES string of the molecule is O=C(O)[C@H]1CCCCN1C(=O)[C@@H]1C[C@H]1c1ccc(F)cc1F. The predicted molar refractivity (Wildman–Crippen MR) is 74.2 cm³/mol. The Morgan fingerprint density at radius 1 is 1.23 bits per heavy atom. The van der Waals surface area contributed by atoms with Gasteiger partial charge in [-0.3, -0.25) is 4.79 Å². The van der Waals surface area contributed by atoms with Gasteiger partial charge in [-0.2, -0.15) is 0 Å². The first-order chi connectivity index (χ1) is 10.5. The monoisotopic (exact) mass is 309 g/mol. The Kier molecular flexibility index (Phi) is 3.85. The lowest BCUT2D eigenvalue weighted by Crippen LogP contribution is -2.48. The fourth-order valence-electron chi connectivity index (χ4n) is 3.28. The van der Waals surface area contributed by atoms with Crippen LogP contribution in [0.25, 0.3) is 0 Å². The standard InChI is InChI=1S/C16H17F2NO3/c17-9-4-5-10(13(18)7-9)11-8-12(11)15(20)19-6-2-1-3-14(19)16(21)22/h4-5,7,11-12,14H,1-3,6,8H2,(H,21,22)/t11-,12+,14+/m0/s1. The quantitative estimate of drug-likeness (QED) is 0.933. The van der Waals surface area contributed by atoms with Gasteiger partial charge >= 0.3 is 5.97 Å². The van der Waals surface area contributed by atoms with E-state index in [2.05, 4.69) is 0 Å². The van der Waals surface area contributed by atoms with Gasteiger partial charge in [-0.05, 0) is 43.2 Å². The molecule has 0 unspecified atom stereocenters. The molecule has 0 bridgehead atoms. The summed E-state index contributed by atoms with van der Waals surface area (Å²) in [5.41, 5.74) is 0.337. The number of amides is 1. The number of aliphatic carboxylic acids is 1. The highest BCUT2D eigenvalue weighted by Gasteiger charge is 2.49. The van der Waals surface area contributed by atoms with Gasteiger partial charge in [-0.15, -0.1) is 0 Å². The molecular weight excluding hydrogens is 292 g/mol. The molecule has 1 aliphatic carbocycles. The minimum Gasteiger partial charge on any atom is -0.480 e. The third-order valence-electron chi connectivity index (χ3n) is 4.54. The molecule has 1 aromatic rings. The Morgan fingerprint density at radius 3 is 2.68 bits per heavy atom. The zero-order valence-electron chi connectivity index (χ0n) is 12.0. The molecule has 0 aromatic heterocycles. The number of carbonyl (C=O) groups excluding carboxylic acids is 1. The predicted octanol–water partition coefficient (Wildman–Crippen LogP) is 2.53. The molecule has 118 valence electrons. The van der Waals surface area contributed by atoms with Gasteiger partial charge in [-0.1, -0.05) is 6.07 Å². The van der Waals surface area contributed by atoms with E-state index in [1.807, 2.05) is 0 Å². The molecule has 0 spiro atoms. The minimum absolute atomic E-state index is 0.221. The lowest BCUT2D eigenvalue weighted by molar-refractivity contribution is -0.152. The number of hydrogen-bond donors (Lipinski definition) is 1. The summed E-state index contributed by atoms with van der Waals surface area (Å²) in [6, 6.07) is 2.59. The van der Waals surface area contributed by atoms with Gasteiger partial charge in [-0.25, -0.2) is 13.6 Å². The van der Waals surface area contributed by atoms with E-state index in [1.165, 1.54) is 17.0 Å². The van der Waals surface area contributed by atoms with E-state index in [0.717, 1.165) is 18.9 Å². The van der Waals surface area contributed by atoms with E-state index in [1.54, 1.807) is 0 Å². The number of carboxylic acid groups (broad SMARTS) is 1. The van der Waals surface area contributed by atoms with Crippen molar-refractivity contribution in [1.29, 1.82) is 0 Å². The van der Waals surface area contributed by atoms with Crippen molar-refractivity contribution in [2.45, 2.75) is 37.6 Å². The van der Waals surface area contributed by atoms with Crippen LogP contribution in [-0.2, 0) is 9.59 Å². The molecule has 4 nitrogen and oxygen atoms in total. The van der Waals surface area contributed by atoms with Crippen LogP contribution < -0.4 is 0 Å². The van der Waals surface area contributed by atoms with Crippen molar-refractivity contribution in [3.8, 4) is 0 Å². The number of hydrogen-bond acceptors (Lipinski definition) is 2.